The molecule has 0 fully saturated rings. The molecule has 2 aromatic rings. The van der Waals surface area contributed by atoms with Crippen LogP contribution in [0.5, 0.6) is 0 Å². The zero-order chi connectivity index (χ0) is 14.4. The Morgan fingerprint density at radius 1 is 1.15 bits per heavy atom. The van der Waals surface area contributed by atoms with E-state index in [0.717, 1.165) is 12.1 Å². The van der Waals surface area contributed by atoms with E-state index in [9.17, 15) is 4.79 Å². The Labute approximate surface area is 118 Å². The molecular weight excluding hydrogens is 248 g/mol. The van der Waals surface area contributed by atoms with Crippen molar-refractivity contribution in [3.63, 3.8) is 0 Å². The summed E-state index contributed by atoms with van der Waals surface area (Å²) in [6, 6.07) is 17.0. The van der Waals surface area contributed by atoms with Crippen LogP contribution in [0.1, 0.15) is 23.1 Å². The summed E-state index contributed by atoms with van der Waals surface area (Å²) in [5.41, 5.74) is 3.71. The fourth-order valence-electron chi connectivity index (χ4n) is 1.99. The van der Waals surface area contributed by atoms with E-state index in [1.165, 1.54) is 11.1 Å². The first-order valence-electron chi connectivity index (χ1n) is 6.53. The molecule has 0 aliphatic carbocycles. The van der Waals surface area contributed by atoms with Crippen LogP contribution in [0.3, 0.4) is 0 Å². The van der Waals surface area contributed by atoms with Crippen LogP contribution in [0, 0.1) is 18.3 Å². The first-order valence-corrected chi connectivity index (χ1v) is 6.53. The third-order valence-corrected chi connectivity index (χ3v) is 3.18. The second-order valence-electron chi connectivity index (χ2n) is 4.66. The molecule has 0 aromatic heterocycles. The summed E-state index contributed by atoms with van der Waals surface area (Å²) in [5, 5.41) is 11.5. The molecule has 2 rings (SSSR count). The lowest BCUT2D eigenvalue weighted by Gasteiger charge is -2.07. The lowest BCUT2D eigenvalue weighted by Crippen LogP contribution is -2.12. The number of nitriles is 1. The average molecular weight is 264 g/mol. The largest absolute Gasteiger partial charge is 0.326 e. The van der Waals surface area contributed by atoms with Gasteiger partial charge in [-0.05, 0) is 48.7 Å². The minimum Gasteiger partial charge on any atom is -0.326 e. The number of aryl methyl sites for hydroxylation is 2. The average Bonchev–Trinajstić information content (AvgIpc) is 2.47. The molecule has 100 valence electrons. The number of anilines is 1. The molecule has 0 bridgehead atoms. The van der Waals surface area contributed by atoms with E-state index < -0.39 is 0 Å². The third kappa shape index (κ3) is 3.69. The highest BCUT2D eigenvalue weighted by atomic mass is 16.1. The molecule has 0 saturated heterocycles. The van der Waals surface area contributed by atoms with E-state index >= 15 is 0 Å². The Hall–Kier alpha value is -2.60. The molecule has 1 N–H and O–H groups in total. The number of hydrogen-bond donors (Lipinski definition) is 1. The quantitative estimate of drug-likeness (QED) is 0.919. The fraction of sp³-hybridized carbons (Fsp3) is 0.176. The van der Waals surface area contributed by atoms with Gasteiger partial charge in [-0.15, -0.1) is 0 Å². The van der Waals surface area contributed by atoms with Gasteiger partial charge in [-0.1, -0.05) is 24.3 Å². The predicted molar refractivity (Wildman–Crippen MR) is 79.3 cm³/mol. The summed E-state index contributed by atoms with van der Waals surface area (Å²) in [7, 11) is 0. The van der Waals surface area contributed by atoms with Gasteiger partial charge < -0.3 is 5.32 Å². The van der Waals surface area contributed by atoms with Crippen molar-refractivity contribution in [2.75, 3.05) is 5.32 Å². The molecule has 1 amide bonds. The maximum atomic E-state index is 11.9. The van der Waals surface area contributed by atoms with Crippen LogP contribution in [-0.2, 0) is 11.2 Å². The summed E-state index contributed by atoms with van der Waals surface area (Å²) in [6.07, 6.45) is 1.18. The van der Waals surface area contributed by atoms with Gasteiger partial charge in [0.2, 0.25) is 5.91 Å². The van der Waals surface area contributed by atoms with Crippen LogP contribution in [0.25, 0.3) is 0 Å². The number of carbonyl (C=O) groups excluding carboxylic acids is 1. The van der Waals surface area contributed by atoms with Crippen molar-refractivity contribution < 1.29 is 4.79 Å². The van der Waals surface area contributed by atoms with E-state index in [1.807, 2.05) is 37.3 Å². The minimum atomic E-state index is -0.0158. The molecule has 0 heterocycles. The minimum absolute atomic E-state index is 0.0158. The SMILES string of the molecule is Cc1ccccc1CCC(=O)Nc1ccc(C#N)cc1. The van der Waals surface area contributed by atoms with Crippen LogP contribution >= 0.6 is 0 Å². The second-order valence-corrected chi connectivity index (χ2v) is 4.66. The Morgan fingerprint density at radius 3 is 2.50 bits per heavy atom. The first-order chi connectivity index (χ1) is 9.69. The number of carbonyl (C=O) groups is 1. The molecule has 0 unspecified atom stereocenters. The van der Waals surface area contributed by atoms with Crippen LogP contribution in [0.15, 0.2) is 48.5 Å². The van der Waals surface area contributed by atoms with Crippen molar-refractivity contribution in [2.45, 2.75) is 19.8 Å². The van der Waals surface area contributed by atoms with Gasteiger partial charge in [0.25, 0.3) is 0 Å². The monoisotopic (exact) mass is 264 g/mol. The Bertz CT molecular complexity index is 639. The Morgan fingerprint density at radius 2 is 1.85 bits per heavy atom. The first kappa shape index (κ1) is 13.8. The number of rotatable bonds is 4. The molecule has 3 nitrogen and oxygen atoms in total. The van der Waals surface area contributed by atoms with Crippen LogP contribution in [0.2, 0.25) is 0 Å². The number of benzene rings is 2. The predicted octanol–water partition coefficient (Wildman–Crippen LogP) is 3.44. The van der Waals surface area contributed by atoms with Crippen molar-refractivity contribution in [2.24, 2.45) is 0 Å². The standard InChI is InChI=1S/C17H16N2O/c1-13-4-2-3-5-15(13)8-11-17(20)19-16-9-6-14(12-18)7-10-16/h2-7,9-10H,8,11H2,1H3,(H,19,20). The molecule has 0 atom stereocenters. The van der Waals surface area contributed by atoms with Gasteiger partial charge in [0.1, 0.15) is 0 Å². The van der Waals surface area contributed by atoms with Gasteiger partial charge >= 0.3 is 0 Å². The number of nitrogens with zero attached hydrogens (tertiary/aromatic N) is 1. The van der Waals surface area contributed by atoms with E-state index in [2.05, 4.69) is 5.32 Å². The summed E-state index contributed by atoms with van der Waals surface area (Å²) < 4.78 is 0. The molecule has 0 spiro atoms. The second kappa shape index (κ2) is 6.53. The fourth-order valence-corrected chi connectivity index (χ4v) is 1.99. The van der Waals surface area contributed by atoms with Crippen molar-refractivity contribution >= 4 is 11.6 Å². The molecule has 20 heavy (non-hydrogen) atoms. The highest BCUT2D eigenvalue weighted by molar-refractivity contribution is 5.90. The van der Waals surface area contributed by atoms with E-state index in [1.54, 1.807) is 24.3 Å². The Kier molecular flexibility index (Phi) is 4.52. The topological polar surface area (TPSA) is 52.9 Å². The molecule has 0 aliphatic rings. The lowest BCUT2D eigenvalue weighted by molar-refractivity contribution is -0.116. The molecule has 3 heteroatoms. The summed E-state index contributed by atoms with van der Waals surface area (Å²) >= 11 is 0. The molecule has 2 aromatic carbocycles. The van der Waals surface area contributed by atoms with Gasteiger partial charge in [-0.3, -0.25) is 4.79 Å². The van der Waals surface area contributed by atoms with Crippen molar-refractivity contribution in [3.8, 4) is 6.07 Å². The summed E-state index contributed by atoms with van der Waals surface area (Å²) in [5.74, 6) is -0.0158. The number of hydrogen-bond acceptors (Lipinski definition) is 2. The highest BCUT2D eigenvalue weighted by Gasteiger charge is 2.04. The van der Waals surface area contributed by atoms with E-state index in [-0.39, 0.29) is 5.91 Å². The lowest BCUT2D eigenvalue weighted by atomic mass is 10.0. The van der Waals surface area contributed by atoms with Crippen molar-refractivity contribution in [3.05, 3.63) is 65.2 Å². The maximum Gasteiger partial charge on any atom is 0.224 e. The van der Waals surface area contributed by atoms with E-state index in [0.29, 0.717) is 12.0 Å². The normalized spacial score (nSPS) is 9.80. The summed E-state index contributed by atoms with van der Waals surface area (Å²) in [6.45, 7) is 2.05. The Balaban J connectivity index is 1.89. The molecule has 0 saturated carbocycles. The van der Waals surface area contributed by atoms with Gasteiger partial charge in [0.05, 0.1) is 11.6 Å². The summed E-state index contributed by atoms with van der Waals surface area (Å²) in [4.78, 5) is 11.9. The van der Waals surface area contributed by atoms with Gasteiger partial charge in [-0.25, -0.2) is 0 Å². The molecule has 0 aliphatic heterocycles. The van der Waals surface area contributed by atoms with Crippen molar-refractivity contribution in [1.29, 1.82) is 5.26 Å². The third-order valence-electron chi connectivity index (χ3n) is 3.18. The van der Waals surface area contributed by atoms with E-state index in [4.69, 9.17) is 5.26 Å². The van der Waals surface area contributed by atoms with Gasteiger partial charge in [-0.2, -0.15) is 5.26 Å². The zero-order valence-corrected chi connectivity index (χ0v) is 11.4. The van der Waals surface area contributed by atoms with Gasteiger partial charge in [0.15, 0.2) is 0 Å². The molecular formula is C17H16N2O. The smallest absolute Gasteiger partial charge is 0.224 e. The number of nitrogens with one attached hydrogen (secondary N) is 1. The highest BCUT2D eigenvalue weighted by Crippen LogP contribution is 2.12. The van der Waals surface area contributed by atoms with Crippen molar-refractivity contribution in [1.82, 2.24) is 0 Å². The molecule has 0 radical (unpaired) electrons. The maximum absolute atomic E-state index is 11.9. The zero-order valence-electron chi connectivity index (χ0n) is 11.4. The van der Waals surface area contributed by atoms with Gasteiger partial charge in [0, 0.05) is 12.1 Å². The van der Waals surface area contributed by atoms with Crippen LogP contribution in [0.4, 0.5) is 5.69 Å². The van der Waals surface area contributed by atoms with Crippen LogP contribution in [-0.4, -0.2) is 5.91 Å². The van der Waals surface area contributed by atoms with Crippen LogP contribution < -0.4 is 5.32 Å². The number of amides is 1.